The lowest BCUT2D eigenvalue weighted by molar-refractivity contribution is -0.274. The van der Waals surface area contributed by atoms with Crippen LogP contribution in [0, 0.1) is 0 Å². The molecule has 2 rings (SSSR count). The van der Waals surface area contributed by atoms with Gasteiger partial charge in [0.15, 0.2) is 0 Å². The maximum Gasteiger partial charge on any atom is 0.573 e. The van der Waals surface area contributed by atoms with Crippen molar-refractivity contribution in [1.82, 2.24) is 5.32 Å². The second-order valence-electron chi connectivity index (χ2n) is 4.97. The van der Waals surface area contributed by atoms with Gasteiger partial charge in [-0.05, 0) is 19.1 Å². The number of ether oxygens (including phenoxy) is 2. The minimum absolute atomic E-state index is 0.164. The van der Waals surface area contributed by atoms with E-state index in [2.05, 4.69) is 15.4 Å². The molecule has 1 aliphatic rings. The zero-order valence-corrected chi connectivity index (χ0v) is 11.3. The van der Waals surface area contributed by atoms with Crippen LogP contribution in [0.25, 0.3) is 0 Å². The molecule has 1 aliphatic heterocycles. The number of carbonyl (C=O) groups is 1. The molecule has 21 heavy (non-hydrogen) atoms. The lowest BCUT2D eigenvalue weighted by Gasteiger charge is -2.38. The molecule has 1 aromatic rings. The SMILES string of the molecule is CC1(OCC(=O)Nc2cccc(OC(F)(F)F)c2)CNC1. The van der Waals surface area contributed by atoms with E-state index in [0.717, 1.165) is 12.1 Å². The van der Waals surface area contributed by atoms with Crippen LogP contribution in [-0.2, 0) is 9.53 Å². The number of carbonyl (C=O) groups excluding carboxylic acids is 1. The number of hydrogen-bond donors (Lipinski definition) is 2. The Morgan fingerprint density at radius 2 is 2.14 bits per heavy atom. The van der Waals surface area contributed by atoms with E-state index in [1.807, 2.05) is 6.92 Å². The Hall–Kier alpha value is -1.80. The maximum absolute atomic E-state index is 12.1. The first kappa shape index (κ1) is 15.6. The number of nitrogens with one attached hydrogen (secondary N) is 2. The molecular weight excluding hydrogens is 289 g/mol. The Kier molecular flexibility index (Phi) is 4.38. The highest BCUT2D eigenvalue weighted by atomic mass is 19.4. The Morgan fingerprint density at radius 1 is 1.43 bits per heavy atom. The van der Waals surface area contributed by atoms with Gasteiger partial charge in [0.1, 0.15) is 12.4 Å². The van der Waals surface area contributed by atoms with Crippen molar-refractivity contribution in [2.24, 2.45) is 0 Å². The number of rotatable bonds is 5. The molecule has 0 aliphatic carbocycles. The van der Waals surface area contributed by atoms with Crippen LogP contribution in [0.3, 0.4) is 0 Å². The van der Waals surface area contributed by atoms with E-state index < -0.39 is 18.0 Å². The Bertz CT molecular complexity index is 516. The number of halogens is 3. The number of hydrogen-bond acceptors (Lipinski definition) is 4. The number of amides is 1. The molecule has 5 nitrogen and oxygen atoms in total. The van der Waals surface area contributed by atoms with Gasteiger partial charge < -0.3 is 20.1 Å². The summed E-state index contributed by atoms with van der Waals surface area (Å²) in [5.74, 6) is -0.830. The zero-order chi connectivity index (χ0) is 15.5. The Labute approximate surface area is 119 Å². The van der Waals surface area contributed by atoms with Crippen molar-refractivity contribution in [2.45, 2.75) is 18.9 Å². The lowest BCUT2D eigenvalue weighted by atomic mass is 10.0. The van der Waals surface area contributed by atoms with E-state index in [9.17, 15) is 18.0 Å². The zero-order valence-electron chi connectivity index (χ0n) is 11.3. The van der Waals surface area contributed by atoms with Gasteiger partial charge in [0.2, 0.25) is 5.91 Å². The first-order valence-corrected chi connectivity index (χ1v) is 6.26. The summed E-state index contributed by atoms with van der Waals surface area (Å²) in [6, 6.07) is 5.07. The molecule has 116 valence electrons. The standard InChI is InChI=1S/C13H15F3N2O3/c1-12(7-17-8-12)20-6-11(19)18-9-3-2-4-10(5-9)21-13(14,15)16/h2-5,17H,6-8H2,1H3,(H,18,19). The van der Waals surface area contributed by atoms with E-state index in [1.165, 1.54) is 12.1 Å². The molecule has 0 spiro atoms. The third kappa shape index (κ3) is 4.91. The predicted molar refractivity (Wildman–Crippen MR) is 69.0 cm³/mol. The summed E-state index contributed by atoms with van der Waals surface area (Å²) in [6.45, 7) is 3.03. The first-order chi connectivity index (χ1) is 9.76. The van der Waals surface area contributed by atoms with Crippen molar-refractivity contribution in [3.8, 4) is 5.75 Å². The van der Waals surface area contributed by atoms with Crippen LogP contribution in [0.5, 0.6) is 5.75 Å². The second-order valence-corrected chi connectivity index (χ2v) is 4.97. The number of anilines is 1. The third-order valence-electron chi connectivity index (χ3n) is 2.90. The highest BCUT2D eigenvalue weighted by molar-refractivity contribution is 5.91. The third-order valence-corrected chi connectivity index (χ3v) is 2.90. The van der Waals surface area contributed by atoms with Crippen molar-refractivity contribution in [3.63, 3.8) is 0 Å². The minimum Gasteiger partial charge on any atom is -0.406 e. The largest absolute Gasteiger partial charge is 0.573 e. The fourth-order valence-corrected chi connectivity index (χ4v) is 1.79. The van der Waals surface area contributed by atoms with Crippen LogP contribution in [-0.4, -0.2) is 37.6 Å². The van der Waals surface area contributed by atoms with Gasteiger partial charge in [0, 0.05) is 24.8 Å². The molecular formula is C13H15F3N2O3. The van der Waals surface area contributed by atoms with Crippen molar-refractivity contribution < 1.29 is 27.4 Å². The van der Waals surface area contributed by atoms with Crippen LogP contribution in [0.4, 0.5) is 18.9 Å². The minimum atomic E-state index is -4.77. The number of alkyl halides is 3. The van der Waals surface area contributed by atoms with Gasteiger partial charge in [-0.15, -0.1) is 13.2 Å². The fourth-order valence-electron chi connectivity index (χ4n) is 1.79. The normalized spacial score (nSPS) is 17.0. The molecule has 0 unspecified atom stereocenters. The van der Waals surface area contributed by atoms with Crippen LogP contribution in [0.15, 0.2) is 24.3 Å². The lowest BCUT2D eigenvalue weighted by Crippen LogP contribution is -2.59. The average Bonchev–Trinajstić information content (AvgIpc) is 2.32. The van der Waals surface area contributed by atoms with Gasteiger partial charge in [0.05, 0.1) is 5.60 Å². The van der Waals surface area contributed by atoms with Crippen molar-refractivity contribution in [1.29, 1.82) is 0 Å². The molecule has 0 radical (unpaired) electrons. The molecule has 0 saturated carbocycles. The fraction of sp³-hybridized carbons (Fsp3) is 0.462. The van der Waals surface area contributed by atoms with Gasteiger partial charge in [-0.3, -0.25) is 4.79 Å². The highest BCUT2D eigenvalue weighted by Crippen LogP contribution is 2.25. The summed E-state index contributed by atoms with van der Waals surface area (Å²) in [6.07, 6.45) is -4.77. The van der Waals surface area contributed by atoms with Crippen LogP contribution >= 0.6 is 0 Å². The summed E-state index contributed by atoms with van der Waals surface area (Å²) in [4.78, 5) is 11.7. The molecule has 1 heterocycles. The molecule has 1 amide bonds. The summed E-state index contributed by atoms with van der Waals surface area (Å²) >= 11 is 0. The molecule has 0 atom stereocenters. The van der Waals surface area contributed by atoms with Crippen LogP contribution in [0.1, 0.15) is 6.92 Å². The average molecular weight is 304 g/mol. The topological polar surface area (TPSA) is 59.6 Å². The van der Waals surface area contributed by atoms with Crippen molar-refractivity contribution >= 4 is 11.6 Å². The quantitative estimate of drug-likeness (QED) is 0.872. The molecule has 1 saturated heterocycles. The predicted octanol–water partition coefficient (Wildman–Crippen LogP) is 1.90. The molecule has 0 bridgehead atoms. The van der Waals surface area contributed by atoms with Gasteiger partial charge >= 0.3 is 6.36 Å². The Balaban J connectivity index is 1.87. The maximum atomic E-state index is 12.1. The van der Waals surface area contributed by atoms with Gasteiger partial charge in [-0.2, -0.15) is 0 Å². The van der Waals surface area contributed by atoms with E-state index >= 15 is 0 Å². The van der Waals surface area contributed by atoms with E-state index in [4.69, 9.17) is 4.74 Å². The van der Waals surface area contributed by atoms with Gasteiger partial charge in [-0.1, -0.05) is 6.07 Å². The summed E-state index contributed by atoms with van der Waals surface area (Å²) in [5, 5.41) is 5.48. The highest BCUT2D eigenvalue weighted by Gasteiger charge is 2.33. The molecule has 1 aromatic carbocycles. The van der Waals surface area contributed by atoms with Crippen LogP contribution in [0.2, 0.25) is 0 Å². The molecule has 1 fully saturated rings. The first-order valence-electron chi connectivity index (χ1n) is 6.26. The van der Waals surface area contributed by atoms with Crippen molar-refractivity contribution in [2.75, 3.05) is 25.0 Å². The van der Waals surface area contributed by atoms with E-state index in [-0.39, 0.29) is 17.9 Å². The van der Waals surface area contributed by atoms with Gasteiger partial charge in [0.25, 0.3) is 0 Å². The number of benzene rings is 1. The Morgan fingerprint density at radius 3 is 2.71 bits per heavy atom. The van der Waals surface area contributed by atoms with Crippen molar-refractivity contribution in [3.05, 3.63) is 24.3 Å². The summed E-state index contributed by atoms with van der Waals surface area (Å²) in [5.41, 5.74) is -0.152. The summed E-state index contributed by atoms with van der Waals surface area (Å²) < 4.78 is 45.5. The second kappa shape index (κ2) is 5.90. The van der Waals surface area contributed by atoms with Gasteiger partial charge in [-0.25, -0.2) is 0 Å². The smallest absolute Gasteiger partial charge is 0.406 e. The monoisotopic (exact) mass is 304 g/mol. The van der Waals surface area contributed by atoms with E-state index in [0.29, 0.717) is 13.1 Å². The molecule has 0 aromatic heterocycles. The summed E-state index contributed by atoms with van der Waals surface area (Å²) in [7, 11) is 0. The van der Waals surface area contributed by atoms with Crippen LogP contribution < -0.4 is 15.4 Å². The van der Waals surface area contributed by atoms with E-state index in [1.54, 1.807) is 0 Å². The molecule has 8 heteroatoms. The molecule has 2 N–H and O–H groups in total.